The average Bonchev–Trinajstić information content (AvgIpc) is 3.72. The molecule has 6 aliphatic rings. The van der Waals surface area contributed by atoms with Gasteiger partial charge in [-0.25, -0.2) is 28.4 Å². The van der Waals surface area contributed by atoms with Crippen molar-refractivity contribution >= 4 is 45.2 Å². The predicted molar refractivity (Wildman–Crippen MR) is 181 cm³/mol. The fraction of sp³-hybridized carbons (Fsp3) is 0.706. The first-order chi connectivity index (χ1) is 24.6. The van der Waals surface area contributed by atoms with Crippen molar-refractivity contribution in [1.29, 1.82) is 0 Å². The van der Waals surface area contributed by atoms with Crippen LogP contribution in [0, 0.1) is 35.5 Å². The summed E-state index contributed by atoms with van der Waals surface area (Å²) in [6, 6.07) is 0. The number of methoxy groups -OCH3 is 2. The zero-order chi connectivity index (χ0) is 37.3. The average molecular weight is 771 g/mol. The third kappa shape index (κ3) is 6.93. The number of rotatable bonds is 8. The highest BCUT2D eigenvalue weighted by Crippen LogP contribution is 2.56. The highest BCUT2D eigenvalue weighted by Gasteiger charge is 2.58. The summed E-state index contributed by atoms with van der Waals surface area (Å²) in [5.74, 6) is -3.42. The Bertz CT molecular complexity index is 1860. The molecule has 4 heterocycles. The van der Waals surface area contributed by atoms with E-state index in [0.29, 0.717) is 97.3 Å². The summed E-state index contributed by atoms with van der Waals surface area (Å²) in [6.45, 7) is 2.69. The normalized spacial score (nSPS) is 28.8. The fourth-order valence-electron chi connectivity index (χ4n) is 8.76. The van der Waals surface area contributed by atoms with E-state index in [2.05, 4.69) is 24.8 Å². The van der Waals surface area contributed by atoms with E-state index in [1.807, 2.05) is 4.90 Å². The van der Waals surface area contributed by atoms with E-state index < -0.39 is 32.5 Å². The summed E-state index contributed by atoms with van der Waals surface area (Å²) in [5.41, 5.74) is 0.426. The number of fused-ring (bicyclic) bond motifs is 4. The van der Waals surface area contributed by atoms with Crippen molar-refractivity contribution in [3.63, 3.8) is 0 Å². The van der Waals surface area contributed by atoms with Crippen molar-refractivity contribution in [2.24, 2.45) is 35.5 Å². The number of sulfone groups is 1. The highest BCUT2D eigenvalue weighted by molar-refractivity contribution is 7.98. The van der Waals surface area contributed by atoms with Crippen LogP contribution in [0.3, 0.4) is 0 Å². The molecule has 284 valence electrons. The zero-order valence-electron chi connectivity index (χ0n) is 29.4. The smallest absolute Gasteiger partial charge is 0.305 e. The molecule has 0 radical (unpaired) electrons. The number of carbonyl (C=O) groups excluding carboxylic acids is 2. The molecule has 0 N–H and O–H groups in total. The van der Waals surface area contributed by atoms with E-state index in [0.717, 1.165) is 19.3 Å². The van der Waals surface area contributed by atoms with E-state index in [1.54, 1.807) is 6.26 Å². The second-order valence-electron chi connectivity index (χ2n) is 14.8. The lowest BCUT2D eigenvalue weighted by Gasteiger charge is -2.30. The van der Waals surface area contributed by atoms with Gasteiger partial charge in [-0.15, -0.1) is 0 Å². The molecule has 0 spiro atoms. The first-order valence-electron chi connectivity index (χ1n) is 17.5. The summed E-state index contributed by atoms with van der Waals surface area (Å²) in [7, 11) is -1.05. The number of alkyl halides is 4. The number of carbonyl (C=O) groups is 2. The van der Waals surface area contributed by atoms with E-state index in [1.165, 1.54) is 26.0 Å². The molecule has 18 heteroatoms. The van der Waals surface area contributed by atoms with Crippen LogP contribution in [0.1, 0.15) is 61.0 Å². The third-order valence-electron chi connectivity index (χ3n) is 11.6. The Morgan fingerprint density at radius 2 is 1.17 bits per heavy atom. The van der Waals surface area contributed by atoms with Gasteiger partial charge in [0.25, 0.3) is 11.8 Å². The lowest BCUT2D eigenvalue weighted by molar-refractivity contribution is -0.142. The molecule has 4 aliphatic carbocycles. The second kappa shape index (κ2) is 13.5. The Hall–Kier alpha value is -3.28. The van der Waals surface area contributed by atoms with Gasteiger partial charge in [-0.05, 0) is 67.4 Å². The van der Waals surface area contributed by atoms with Crippen LogP contribution in [0.4, 0.5) is 29.2 Å². The van der Waals surface area contributed by atoms with Crippen LogP contribution in [0.15, 0.2) is 10.3 Å². The van der Waals surface area contributed by atoms with Gasteiger partial charge in [0.15, 0.2) is 5.16 Å². The SMILES string of the molecule is COC(=O)CC1[C@H]2CN(c3nc(S(C)(=O)=O)nc4c3CCCC4(F)F)C[C@@H]12.COC(=O)CC1[C@H]2CN(c3nc(SC)nc4c3CCCC4(F)F)C[C@@H]12. The summed E-state index contributed by atoms with van der Waals surface area (Å²) < 4.78 is 90.8. The topological polar surface area (TPSA) is 145 Å². The number of piperidine rings is 2. The van der Waals surface area contributed by atoms with Crippen molar-refractivity contribution in [1.82, 2.24) is 19.9 Å². The summed E-state index contributed by atoms with van der Waals surface area (Å²) in [5, 5.41) is -0.147. The molecule has 6 atom stereocenters. The molecular weight excluding hydrogens is 729 g/mol. The van der Waals surface area contributed by atoms with Crippen LogP contribution < -0.4 is 9.80 Å². The minimum atomic E-state index is -3.81. The number of nitrogens with zero attached hydrogens (tertiary/aromatic N) is 6. The highest BCUT2D eigenvalue weighted by atomic mass is 32.2. The first-order valence-corrected chi connectivity index (χ1v) is 20.6. The summed E-state index contributed by atoms with van der Waals surface area (Å²) in [6.07, 6.45) is 4.83. The van der Waals surface area contributed by atoms with Crippen LogP contribution >= 0.6 is 11.8 Å². The number of hydrogen-bond donors (Lipinski definition) is 0. The molecule has 2 aliphatic heterocycles. The fourth-order valence-corrected chi connectivity index (χ4v) is 9.63. The number of ether oxygens (including phenoxy) is 2. The molecule has 8 rings (SSSR count). The Labute approximate surface area is 303 Å². The van der Waals surface area contributed by atoms with Gasteiger partial charge in [0, 0.05) is 69.2 Å². The van der Waals surface area contributed by atoms with Gasteiger partial charge >= 0.3 is 11.9 Å². The molecule has 2 aromatic heterocycles. The molecule has 0 amide bonds. The van der Waals surface area contributed by atoms with Crippen molar-refractivity contribution in [2.75, 3.05) is 62.7 Å². The minimum absolute atomic E-state index is 0.0835. The van der Waals surface area contributed by atoms with E-state index in [-0.39, 0.29) is 48.2 Å². The van der Waals surface area contributed by atoms with Gasteiger partial charge < -0.3 is 19.3 Å². The van der Waals surface area contributed by atoms with Crippen molar-refractivity contribution in [3.8, 4) is 0 Å². The van der Waals surface area contributed by atoms with Crippen LogP contribution in [0.5, 0.6) is 0 Å². The molecule has 2 aromatic rings. The maximum absolute atomic E-state index is 14.4. The molecule has 12 nitrogen and oxygen atoms in total. The molecule has 4 fully saturated rings. The largest absolute Gasteiger partial charge is 0.469 e. The Kier molecular flexibility index (Phi) is 9.65. The number of halogens is 4. The van der Waals surface area contributed by atoms with Gasteiger partial charge in [0.1, 0.15) is 23.0 Å². The predicted octanol–water partition coefficient (Wildman–Crippen LogP) is 4.43. The molecule has 0 bridgehead atoms. The second-order valence-corrected chi connectivity index (χ2v) is 17.4. The Morgan fingerprint density at radius 1 is 0.750 bits per heavy atom. The van der Waals surface area contributed by atoms with E-state index >= 15 is 0 Å². The standard InChI is InChI=1S/C17H21F2N3O4S.C17H21F2N3O2S/c1-26-13(23)6-10-11-7-22(8-12(10)11)15-9-4-3-5-17(18,19)14(9)20-16(21-15)27(2,24)25;1-24-13(23)6-10-11-7-22(8-12(10)11)15-9-4-3-5-17(18,19)14(9)20-16(21-15)25-2/h10-12H,3-8H2,1-2H3;10-12H,3-8H2,1-2H3/t2*10?,11-,12+. The van der Waals surface area contributed by atoms with Gasteiger partial charge in [-0.3, -0.25) is 9.59 Å². The van der Waals surface area contributed by atoms with Crippen LogP contribution in [-0.2, 0) is 53.6 Å². The Morgan fingerprint density at radius 3 is 1.58 bits per heavy atom. The number of thioether (sulfide) groups is 1. The molecule has 2 unspecified atom stereocenters. The lowest BCUT2D eigenvalue weighted by Crippen LogP contribution is -2.32. The van der Waals surface area contributed by atoms with Crippen molar-refractivity contribution < 1.29 is 45.0 Å². The maximum Gasteiger partial charge on any atom is 0.305 e. The molecule has 2 saturated heterocycles. The quantitative estimate of drug-likeness (QED) is 0.162. The molecular formula is C34H42F4N6O6S2. The van der Waals surface area contributed by atoms with Crippen molar-refractivity contribution in [3.05, 3.63) is 22.5 Å². The van der Waals surface area contributed by atoms with E-state index in [9.17, 15) is 35.6 Å². The minimum Gasteiger partial charge on any atom is -0.469 e. The van der Waals surface area contributed by atoms with Crippen molar-refractivity contribution in [2.45, 2.75) is 73.5 Å². The first kappa shape index (κ1) is 37.1. The van der Waals surface area contributed by atoms with Crippen LogP contribution in [0.25, 0.3) is 0 Å². The monoisotopic (exact) mass is 770 g/mol. The number of hydrogen-bond acceptors (Lipinski definition) is 13. The summed E-state index contributed by atoms with van der Waals surface area (Å²) >= 11 is 1.30. The lowest BCUT2D eigenvalue weighted by atomic mass is 9.93. The number of anilines is 2. The van der Waals surface area contributed by atoms with Crippen LogP contribution in [0.2, 0.25) is 0 Å². The van der Waals surface area contributed by atoms with Gasteiger partial charge in [-0.1, -0.05) is 11.8 Å². The Balaban J connectivity index is 0.000000162. The van der Waals surface area contributed by atoms with Gasteiger partial charge in [0.05, 0.1) is 14.2 Å². The summed E-state index contributed by atoms with van der Waals surface area (Å²) in [4.78, 5) is 43.5. The maximum atomic E-state index is 14.4. The van der Waals surface area contributed by atoms with Gasteiger partial charge in [0.2, 0.25) is 15.0 Å². The van der Waals surface area contributed by atoms with E-state index in [4.69, 9.17) is 9.47 Å². The van der Waals surface area contributed by atoms with Gasteiger partial charge in [-0.2, -0.15) is 17.6 Å². The number of aromatic nitrogens is 4. The zero-order valence-corrected chi connectivity index (χ0v) is 31.0. The molecule has 52 heavy (non-hydrogen) atoms. The molecule has 0 aromatic carbocycles. The van der Waals surface area contributed by atoms with Crippen LogP contribution in [-0.4, -0.2) is 93.2 Å². The third-order valence-corrected chi connectivity index (χ3v) is 13.0. The number of esters is 2. The molecule has 2 saturated carbocycles.